The second-order valence-corrected chi connectivity index (χ2v) is 8.38. The monoisotopic (exact) mass is 458 g/mol. The molecule has 0 saturated carbocycles. The van der Waals surface area contributed by atoms with Crippen LogP contribution < -0.4 is 16.0 Å². The number of benzene rings is 2. The normalized spacial score (nSPS) is 10.5. The van der Waals surface area contributed by atoms with Gasteiger partial charge in [-0.2, -0.15) is 0 Å². The number of aryl methyl sites for hydroxylation is 3. The molecule has 9 heteroatoms. The number of nitrogens with one attached hydrogen (secondary N) is 3. The molecule has 4 aromatic rings. The summed E-state index contributed by atoms with van der Waals surface area (Å²) in [5.74, 6) is -0.0713. The highest BCUT2D eigenvalue weighted by molar-refractivity contribution is 7.17. The summed E-state index contributed by atoms with van der Waals surface area (Å²) in [5, 5.41) is 9.10. The second kappa shape index (κ2) is 9.58. The first kappa shape index (κ1) is 22.1. The highest BCUT2D eigenvalue weighted by Crippen LogP contribution is 2.24. The predicted molar refractivity (Wildman–Crippen MR) is 130 cm³/mol. The van der Waals surface area contributed by atoms with Crippen LogP contribution in [0.15, 0.2) is 60.7 Å². The standard InChI is InChI=1S/C24H22N6O2S/c1-14-13-15(2)26-23(25-14)29-19-11-9-17(10-12-19)21(31)30-24-27-16(3)20(33-24)22(32)28-18-7-5-4-6-8-18/h4-13H,1-3H3,(H,28,32)(H,25,26,29)(H,27,30,31). The van der Waals surface area contributed by atoms with Crippen LogP contribution in [0.1, 0.15) is 37.1 Å². The van der Waals surface area contributed by atoms with Crippen molar-refractivity contribution in [2.24, 2.45) is 0 Å². The molecule has 0 unspecified atom stereocenters. The molecule has 0 spiro atoms. The van der Waals surface area contributed by atoms with Crippen molar-refractivity contribution >= 4 is 45.6 Å². The minimum Gasteiger partial charge on any atom is -0.324 e. The Kier molecular flexibility index (Phi) is 6.41. The van der Waals surface area contributed by atoms with E-state index >= 15 is 0 Å². The summed E-state index contributed by atoms with van der Waals surface area (Å²) < 4.78 is 0. The van der Waals surface area contributed by atoms with Crippen molar-refractivity contribution in [3.63, 3.8) is 0 Å². The molecule has 2 amide bonds. The van der Waals surface area contributed by atoms with Gasteiger partial charge in [0.15, 0.2) is 5.13 Å². The summed E-state index contributed by atoms with van der Waals surface area (Å²) in [6.07, 6.45) is 0. The molecule has 0 aliphatic rings. The summed E-state index contributed by atoms with van der Waals surface area (Å²) >= 11 is 1.13. The van der Waals surface area contributed by atoms with Gasteiger partial charge in [0.25, 0.3) is 11.8 Å². The maximum absolute atomic E-state index is 12.7. The van der Waals surface area contributed by atoms with E-state index in [9.17, 15) is 9.59 Å². The minimum atomic E-state index is -0.312. The zero-order chi connectivity index (χ0) is 23.4. The van der Waals surface area contributed by atoms with Crippen molar-refractivity contribution in [2.75, 3.05) is 16.0 Å². The van der Waals surface area contributed by atoms with Gasteiger partial charge >= 0.3 is 0 Å². The number of thiazole rings is 1. The van der Waals surface area contributed by atoms with Crippen LogP contribution in [0.4, 0.5) is 22.5 Å². The van der Waals surface area contributed by atoms with Gasteiger partial charge in [0.1, 0.15) is 4.88 Å². The highest BCUT2D eigenvalue weighted by atomic mass is 32.1. The molecule has 33 heavy (non-hydrogen) atoms. The Hall–Kier alpha value is -4.11. The lowest BCUT2D eigenvalue weighted by atomic mass is 10.2. The molecular formula is C24H22N6O2S. The minimum absolute atomic E-state index is 0.263. The lowest BCUT2D eigenvalue weighted by Gasteiger charge is -2.07. The number of nitrogens with zero attached hydrogens (tertiary/aromatic N) is 3. The number of para-hydroxylation sites is 1. The van der Waals surface area contributed by atoms with Crippen molar-refractivity contribution in [3.8, 4) is 0 Å². The van der Waals surface area contributed by atoms with E-state index in [1.807, 2.05) is 50.2 Å². The lowest BCUT2D eigenvalue weighted by molar-refractivity contribution is 0.102. The van der Waals surface area contributed by atoms with Gasteiger partial charge in [0, 0.05) is 28.3 Å². The van der Waals surface area contributed by atoms with Crippen molar-refractivity contribution in [1.82, 2.24) is 15.0 Å². The first-order chi connectivity index (χ1) is 15.9. The van der Waals surface area contributed by atoms with Crippen LogP contribution in [0.2, 0.25) is 0 Å². The van der Waals surface area contributed by atoms with Crippen LogP contribution in [0, 0.1) is 20.8 Å². The number of carbonyl (C=O) groups is 2. The highest BCUT2D eigenvalue weighted by Gasteiger charge is 2.17. The third kappa shape index (κ3) is 5.58. The molecule has 0 aliphatic carbocycles. The van der Waals surface area contributed by atoms with E-state index in [4.69, 9.17) is 0 Å². The van der Waals surface area contributed by atoms with Gasteiger partial charge < -0.3 is 10.6 Å². The van der Waals surface area contributed by atoms with Crippen LogP contribution in [-0.4, -0.2) is 26.8 Å². The molecule has 0 aliphatic heterocycles. The predicted octanol–water partition coefficient (Wildman–Crippen LogP) is 5.11. The molecular weight excluding hydrogens is 436 g/mol. The number of anilines is 4. The summed E-state index contributed by atoms with van der Waals surface area (Å²) in [6.45, 7) is 5.55. The number of amides is 2. The molecule has 166 valence electrons. The quantitative estimate of drug-likeness (QED) is 0.371. The fourth-order valence-corrected chi connectivity index (χ4v) is 4.01. The molecule has 4 rings (SSSR count). The summed E-state index contributed by atoms with van der Waals surface area (Å²) in [4.78, 5) is 38.7. The Morgan fingerprint density at radius 2 is 1.42 bits per heavy atom. The van der Waals surface area contributed by atoms with Crippen molar-refractivity contribution in [3.05, 3.63) is 88.2 Å². The van der Waals surface area contributed by atoms with Gasteiger partial charge in [-0.1, -0.05) is 29.5 Å². The fraction of sp³-hybridized carbons (Fsp3) is 0.125. The lowest BCUT2D eigenvalue weighted by Crippen LogP contribution is -2.11. The Bertz CT molecular complexity index is 1280. The average Bonchev–Trinajstić information content (AvgIpc) is 3.14. The van der Waals surface area contributed by atoms with Gasteiger partial charge in [-0.05, 0) is 63.2 Å². The molecule has 0 radical (unpaired) electrons. The van der Waals surface area contributed by atoms with Crippen molar-refractivity contribution < 1.29 is 9.59 Å². The molecule has 8 nitrogen and oxygen atoms in total. The van der Waals surface area contributed by atoms with Crippen LogP contribution in [0.5, 0.6) is 0 Å². The van der Waals surface area contributed by atoms with E-state index in [1.54, 1.807) is 31.2 Å². The number of rotatable bonds is 6. The van der Waals surface area contributed by atoms with Crippen molar-refractivity contribution in [1.29, 1.82) is 0 Å². The third-order valence-electron chi connectivity index (χ3n) is 4.64. The van der Waals surface area contributed by atoms with Gasteiger partial charge in [0.05, 0.1) is 5.69 Å². The third-order valence-corrected chi connectivity index (χ3v) is 5.71. The van der Waals surface area contributed by atoms with E-state index < -0.39 is 0 Å². The Morgan fingerprint density at radius 3 is 2.09 bits per heavy atom. The first-order valence-corrected chi connectivity index (χ1v) is 11.0. The van der Waals surface area contributed by atoms with Crippen LogP contribution >= 0.6 is 11.3 Å². The largest absolute Gasteiger partial charge is 0.324 e. The maximum Gasteiger partial charge on any atom is 0.267 e. The topological polar surface area (TPSA) is 109 Å². The maximum atomic E-state index is 12.7. The first-order valence-electron chi connectivity index (χ1n) is 10.2. The van der Waals surface area contributed by atoms with Gasteiger partial charge in [-0.15, -0.1) is 0 Å². The van der Waals surface area contributed by atoms with Crippen LogP contribution in [-0.2, 0) is 0 Å². The number of hydrogen-bond acceptors (Lipinski definition) is 7. The Morgan fingerprint density at radius 1 is 0.758 bits per heavy atom. The van der Waals surface area contributed by atoms with Gasteiger partial charge in [-0.3, -0.25) is 14.9 Å². The van der Waals surface area contributed by atoms with E-state index in [-0.39, 0.29) is 11.8 Å². The van der Waals surface area contributed by atoms with E-state index in [1.165, 1.54) is 0 Å². The molecule has 2 aromatic carbocycles. The van der Waals surface area contributed by atoms with E-state index in [0.29, 0.717) is 32.9 Å². The smallest absolute Gasteiger partial charge is 0.267 e. The Labute approximate surface area is 195 Å². The molecule has 2 aromatic heterocycles. The molecule has 3 N–H and O–H groups in total. The summed E-state index contributed by atoms with van der Waals surface area (Å²) in [7, 11) is 0. The SMILES string of the molecule is Cc1cc(C)nc(Nc2ccc(C(=O)Nc3nc(C)c(C(=O)Nc4ccccc4)s3)cc2)n1. The van der Waals surface area contributed by atoms with Crippen molar-refractivity contribution in [2.45, 2.75) is 20.8 Å². The Balaban J connectivity index is 1.41. The van der Waals surface area contributed by atoms with Gasteiger partial charge in [0.2, 0.25) is 5.95 Å². The molecule has 0 atom stereocenters. The number of hydrogen-bond donors (Lipinski definition) is 3. The fourth-order valence-electron chi connectivity index (χ4n) is 3.16. The van der Waals surface area contributed by atoms with Crippen LogP contribution in [0.25, 0.3) is 0 Å². The number of aromatic nitrogens is 3. The van der Waals surface area contributed by atoms with Gasteiger partial charge in [-0.25, -0.2) is 15.0 Å². The summed E-state index contributed by atoms with van der Waals surface area (Å²) in [5.41, 5.74) is 4.22. The molecule has 0 saturated heterocycles. The van der Waals surface area contributed by atoms with E-state index in [0.717, 1.165) is 28.4 Å². The summed E-state index contributed by atoms with van der Waals surface area (Å²) in [6, 6.07) is 18.0. The number of carbonyl (C=O) groups excluding carboxylic acids is 2. The average molecular weight is 459 g/mol. The molecule has 2 heterocycles. The molecule has 0 bridgehead atoms. The second-order valence-electron chi connectivity index (χ2n) is 7.38. The van der Waals surface area contributed by atoms with E-state index in [2.05, 4.69) is 30.9 Å². The van der Waals surface area contributed by atoms with Crippen LogP contribution in [0.3, 0.4) is 0 Å². The molecule has 0 fully saturated rings. The zero-order valence-corrected chi connectivity index (χ0v) is 19.2. The zero-order valence-electron chi connectivity index (χ0n) is 18.3.